The predicted molar refractivity (Wildman–Crippen MR) is 74.5 cm³/mol. The first-order valence-corrected chi connectivity index (χ1v) is 8.66. The van der Waals surface area contributed by atoms with Crippen molar-refractivity contribution in [1.29, 1.82) is 0 Å². The van der Waals surface area contributed by atoms with Gasteiger partial charge < -0.3 is 10.1 Å². The van der Waals surface area contributed by atoms with Crippen molar-refractivity contribution in [3.8, 4) is 0 Å². The smallest absolute Gasteiger partial charge is 0.150 e. The van der Waals surface area contributed by atoms with Crippen LogP contribution in [0.5, 0.6) is 0 Å². The second kappa shape index (κ2) is 6.87. The van der Waals surface area contributed by atoms with E-state index in [1.807, 2.05) is 0 Å². The van der Waals surface area contributed by atoms with Gasteiger partial charge in [0.05, 0.1) is 18.1 Å². The highest BCUT2D eigenvalue weighted by molar-refractivity contribution is 7.91. The van der Waals surface area contributed by atoms with Crippen molar-refractivity contribution in [2.45, 2.75) is 33.1 Å². The van der Waals surface area contributed by atoms with Gasteiger partial charge in [-0.15, -0.1) is 0 Å². The van der Waals surface area contributed by atoms with Crippen LogP contribution >= 0.6 is 0 Å². The number of sulfone groups is 1. The summed E-state index contributed by atoms with van der Waals surface area (Å²) >= 11 is 0. The van der Waals surface area contributed by atoms with E-state index < -0.39 is 9.84 Å². The molecule has 0 aromatic carbocycles. The molecule has 108 valence electrons. The molecule has 0 aliphatic carbocycles. The van der Waals surface area contributed by atoms with Crippen molar-refractivity contribution in [3.05, 3.63) is 0 Å². The molecule has 1 N–H and O–H groups in total. The fourth-order valence-corrected chi connectivity index (χ4v) is 4.89. The summed E-state index contributed by atoms with van der Waals surface area (Å²) in [5, 5.41) is 3.40. The quantitative estimate of drug-likeness (QED) is 0.683. The molecule has 0 aromatic heterocycles. The van der Waals surface area contributed by atoms with Crippen LogP contribution in [0.2, 0.25) is 0 Å². The Morgan fingerprint density at radius 1 is 1.44 bits per heavy atom. The monoisotopic (exact) mass is 277 g/mol. The van der Waals surface area contributed by atoms with Gasteiger partial charge in [-0.2, -0.15) is 0 Å². The lowest BCUT2D eigenvalue weighted by Crippen LogP contribution is -2.39. The minimum absolute atomic E-state index is 0.0893. The highest BCUT2D eigenvalue weighted by Gasteiger charge is 2.40. The molecular formula is C13H27NO3S. The van der Waals surface area contributed by atoms with Gasteiger partial charge in [0.2, 0.25) is 0 Å². The summed E-state index contributed by atoms with van der Waals surface area (Å²) < 4.78 is 28.3. The van der Waals surface area contributed by atoms with Crippen LogP contribution in [-0.2, 0) is 14.6 Å². The fourth-order valence-electron chi connectivity index (χ4n) is 2.90. The molecule has 1 heterocycles. The van der Waals surface area contributed by atoms with E-state index in [4.69, 9.17) is 4.74 Å². The van der Waals surface area contributed by atoms with Gasteiger partial charge in [0.1, 0.15) is 0 Å². The number of methoxy groups -OCH3 is 1. The fraction of sp³-hybridized carbons (Fsp3) is 1.00. The molecule has 4 nitrogen and oxygen atoms in total. The molecule has 0 radical (unpaired) electrons. The van der Waals surface area contributed by atoms with Crippen LogP contribution in [0.25, 0.3) is 0 Å². The number of hydrogen-bond acceptors (Lipinski definition) is 4. The molecule has 2 unspecified atom stereocenters. The molecule has 1 aliphatic rings. The van der Waals surface area contributed by atoms with Crippen molar-refractivity contribution in [3.63, 3.8) is 0 Å². The first-order chi connectivity index (χ1) is 8.43. The second-order valence-corrected chi connectivity index (χ2v) is 7.90. The van der Waals surface area contributed by atoms with Crippen LogP contribution in [0, 0.1) is 11.3 Å². The number of rotatable bonds is 8. The lowest BCUT2D eigenvalue weighted by molar-refractivity contribution is 0.161. The number of nitrogens with one attached hydrogen (secondary N) is 1. The van der Waals surface area contributed by atoms with Gasteiger partial charge in [0.25, 0.3) is 0 Å². The molecule has 1 rings (SSSR count). The molecular weight excluding hydrogens is 250 g/mol. The van der Waals surface area contributed by atoms with Crippen molar-refractivity contribution >= 4 is 9.84 Å². The van der Waals surface area contributed by atoms with Gasteiger partial charge in [-0.3, -0.25) is 0 Å². The minimum atomic E-state index is -2.78. The van der Waals surface area contributed by atoms with Crippen LogP contribution in [0.1, 0.15) is 33.1 Å². The Bertz CT molecular complexity index is 342. The average Bonchev–Trinajstić information content (AvgIpc) is 2.66. The van der Waals surface area contributed by atoms with E-state index in [0.29, 0.717) is 24.0 Å². The summed E-state index contributed by atoms with van der Waals surface area (Å²) in [6.45, 7) is 6.80. The lowest BCUT2D eigenvalue weighted by atomic mass is 9.73. The summed E-state index contributed by atoms with van der Waals surface area (Å²) in [6, 6.07) is 0. The van der Waals surface area contributed by atoms with Crippen LogP contribution < -0.4 is 5.32 Å². The first kappa shape index (κ1) is 15.9. The normalized spacial score (nSPS) is 26.1. The summed E-state index contributed by atoms with van der Waals surface area (Å²) in [5.74, 6) is 1.04. The molecule has 1 fully saturated rings. The van der Waals surface area contributed by atoms with E-state index in [0.717, 1.165) is 32.4 Å². The van der Waals surface area contributed by atoms with E-state index in [-0.39, 0.29) is 5.41 Å². The van der Waals surface area contributed by atoms with Crippen LogP contribution in [0.4, 0.5) is 0 Å². The number of hydrogen-bond donors (Lipinski definition) is 1. The molecule has 0 aromatic rings. The predicted octanol–water partition coefficient (Wildman–Crippen LogP) is 1.46. The summed E-state index contributed by atoms with van der Waals surface area (Å²) in [5.41, 5.74) is 0.0893. The van der Waals surface area contributed by atoms with Crippen molar-refractivity contribution in [2.75, 3.05) is 38.3 Å². The minimum Gasteiger partial charge on any atom is -0.383 e. The molecule has 5 heteroatoms. The van der Waals surface area contributed by atoms with Crippen molar-refractivity contribution in [1.82, 2.24) is 5.32 Å². The Morgan fingerprint density at radius 2 is 2.17 bits per heavy atom. The maximum absolute atomic E-state index is 11.6. The Kier molecular flexibility index (Phi) is 6.08. The van der Waals surface area contributed by atoms with Gasteiger partial charge in [-0.25, -0.2) is 8.42 Å². The third-order valence-electron chi connectivity index (χ3n) is 4.05. The van der Waals surface area contributed by atoms with E-state index in [9.17, 15) is 8.42 Å². The van der Waals surface area contributed by atoms with E-state index >= 15 is 0 Å². The molecule has 1 aliphatic heterocycles. The highest BCUT2D eigenvalue weighted by Crippen LogP contribution is 2.39. The molecule has 0 spiro atoms. The third-order valence-corrected chi connectivity index (χ3v) is 5.82. The highest BCUT2D eigenvalue weighted by atomic mass is 32.2. The van der Waals surface area contributed by atoms with Gasteiger partial charge in [-0.1, -0.05) is 20.3 Å². The Labute approximate surface area is 111 Å². The molecule has 0 bridgehead atoms. The number of ether oxygens (including phenoxy) is 1. The lowest BCUT2D eigenvalue weighted by Gasteiger charge is -2.35. The Morgan fingerprint density at radius 3 is 2.67 bits per heavy atom. The van der Waals surface area contributed by atoms with E-state index in [2.05, 4.69) is 19.2 Å². The van der Waals surface area contributed by atoms with Crippen LogP contribution in [0.3, 0.4) is 0 Å². The summed E-state index contributed by atoms with van der Waals surface area (Å²) in [6.07, 6.45) is 3.00. The van der Waals surface area contributed by atoms with Crippen LogP contribution in [-0.4, -0.2) is 46.7 Å². The van der Waals surface area contributed by atoms with Gasteiger partial charge >= 0.3 is 0 Å². The maximum Gasteiger partial charge on any atom is 0.150 e. The molecule has 18 heavy (non-hydrogen) atoms. The van der Waals surface area contributed by atoms with E-state index in [1.165, 1.54) is 0 Å². The zero-order chi connectivity index (χ0) is 13.6. The van der Waals surface area contributed by atoms with Gasteiger partial charge in [0, 0.05) is 20.2 Å². The second-order valence-electron chi connectivity index (χ2n) is 5.67. The summed E-state index contributed by atoms with van der Waals surface area (Å²) in [7, 11) is -1.09. The standard InChI is InChI=1S/C13H27NO3S/c1-4-6-13(2,11-14-7-8-17-3)12-5-9-18(15,16)10-12/h12,14H,4-11H2,1-3H3. The molecule has 0 amide bonds. The zero-order valence-corrected chi connectivity index (χ0v) is 12.7. The molecule has 0 saturated carbocycles. The first-order valence-electron chi connectivity index (χ1n) is 6.83. The Balaban J connectivity index is 2.56. The van der Waals surface area contributed by atoms with Gasteiger partial charge in [0.15, 0.2) is 9.84 Å². The largest absolute Gasteiger partial charge is 0.383 e. The SMILES string of the molecule is CCCC(C)(CNCCOC)C1CCS(=O)(=O)C1. The average molecular weight is 277 g/mol. The zero-order valence-electron chi connectivity index (χ0n) is 11.9. The summed E-state index contributed by atoms with van der Waals surface area (Å²) in [4.78, 5) is 0. The molecule has 1 saturated heterocycles. The van der Waals surface area contributed by atoms with Crippen molar-refractivity contribution < 1.29 is 13.2 Å². The topological polar surface area (TPSA) is 55.4 Å². The third kappa shape index (κ3) is 4.52. The van der Waals surface area contributed by atoms with Crippen molar-refractivity contribution in [2.24, 2.45) is 11.3 Å². The maximum atomic E-state index is 11.6. The molecule has 2 atom stereocenters. The Hall–Kier alpha value is -0.130. The van der Waals surface area contributed by atoms with Crippen LogP contribution in [0.15, 0.2) is 0 Å². The van der Waals surface area contributed by atoms with Gasteiger partial charge in [-0.05, 0) is 24.2 Å². The van der Waals surface area contributed by atoms with E-state index in [1.54, 1.807) is 7.11 Å².